The molecule has 0 saturated carbocycles. The van der Waals surface area contributed by atoms with Crippen molar-refractivity contribution in [2.75, 3.05) is 14.2 Å². The molecule has 1 unspecified atom stereocenters. The number of hydrogen-bond acceptors (Lipinski definition) is 3. The third-order valence-corrected chi connectivity index (χ3v) is 5.16. The first-order valence-corrected chi connectivity index (χ1v) is 8.98. The second kappa shape index (κ2) is 6.43. The van der Waals surface area contributed by atoms with E-state index in [-0.39, 0.29) is 0 Å². The van der Waals surface area contributed by atoms with Crippen molar-refractivity contribution in [2.24, 2.45) is 0 Å². The quantitative estimate of drug-likeness (QED) is 0.657. The summed E-state index contributed by atoms with van der Waals surface area (Å²) in [7, 11) is 3.42. The van der Waals surface area contributed by atoms with Crippen molar-refractivity contribution in [3.05, 3.63) is 42.0 Å². The summed E-state index contributed by atoms with van der Waals surface area (Å²) in [6.07, 6.45) is 4.62. The maximum Gasteiger partial charge on any atom is 0.141 e. The molecule has 2 heterocycles. The van der Waals surface area contributed by atoms with Crippen LogP contribution < -0.4 is 9.47 Å². The van der Waals surface area contributed by atoms with Gasteiger partial charge in [0.05, 0.1) is 25.3 Å². The Bertz CT molecular complexity index is 914. The van der Waals surface area contributed by atoms with Crippen LogP contribution >= 0.6 is 0 Å². The molecule has 4 rings (SSSR count). The van der Waals surface area contributed by atoms with Crippen LogP contribution in [-0.4, -0.2) is 23.8 Å². The van der Waals surface area contributed by atoms with Gasteiger partial charge in [-0.3, -0.25) is 0 Å². The van der Waals surface area contributed by atoms with Crippen LogP contribution in [0.2, 0.25) is 0 Å². The molecule has 130 valence electrons. The van der Waals surface area contributed by atoms with Crippen LogP contribution in [0.1, 0.15) is 37.8 Å². The van der Waals surface area contributed by atoms with Gasteiger partial charge in [0.15, 0.2) is 0 Å². The number of methoxy groups -OCH3 is 2. The van der Waals surface area contributed by atoms with Crippen molar-refractivity contribution in [3.63, 3.8) is 0 Å². The summed E-state index contributed by atoms with van der Waals surface area (Å²) in [4.78, 5) is 4.96. The lowest BCUT2D eigenvalue weighted by molar-refractivity contribution is 0.411. The molecule has 0 radical (unpaired) electrons. The molecular formula is C21H24N2O2. The fraction of sp³-hybridized carbons (Fsp3) is 0.381. The molecule has 1 atom stereocenters. The molecule has 0 aliphatic carbocycles. The topological polar surface area (TPSA) is 36.3 Å². The molecule has 3 aromatic rings. The summed E-state index contributed by atoms with van der Waals surface area (Å²) < 4.78 is 13.2. The van der Waals surface area contributed by atoms with Crippen molar-refractivity contribution in [1.82, 2.24) is 9.55 Å². The molecule has 0 bridgehead atoms. The smallest absolute Gasteiger partial charge is 0.141 e. The van der Waals surface area contributed by atoms with Crippen molar-refractivity contribution >= 4 is 11.0 Å². The van der Waals surface area contributed by atoms with Crippen molar-refractivity contribution in [1.29, 1.82) is 0 Å². The Kier molecular flexibility index (Phi) is 4.12. The number of hydrogen-bond donors (Lipinski definition) is 0. The van der Waals surface area contributed by atoms with E-state index in [0.29, 0.717) is 6.04 Å². The van der Waals surface area contributed by atoms with Crippen molar-refractivity contribution in [3.8, 4) is 22.9 Å². The fourth-order valence-electron chi connectivity index (χ4n) is 3.87. The van der Waals surface area contributed by atoms with Gasteiger partial charge in [0, 0.05) is 17.7 Å². The van der Waals surface area contributed by atoms with Crippen molar-refractivity contribution < 1.29 is 9.47 Å². The zero-order chi connectivity index (χ0) is 17.4. The van der Waals surface area contributed by atoms with Crippen LogP contribution in [0.3, 0.4) is 0 Å². The lowest BCUT2D eigenvalue weighted by Gasteiger charge is -2.28. The first-order chi connectivity index (χ1) is 12.2. The van der Waals surface area contributed by atoms with Gasteiger partial charge in [-0.15, -0.1) is 0 Å². The van der Waals surface area contributed by atoms with E-state index in [1.165, 1.54) is 29.5 Å². The number of aromatic nitrogens is 2. The molecule has 2 aromatic carbocycles. The molecular weight excluding hydrogens is 312 g/mol. The lowest BCUT2D eigenvalue weighted by atomic mass is 9.92. The molecule has 4 nitrogen and oxygen atoms in total. The number of benzene rings is 2. The monoisotopic (exact) mass is 336 g/mol. The molecule has 0 spiro atoms. The normalized spacial score (nSPS) is 15.7. The Morgan fingerprint density at radius 1 is 1.08 bits per heavy atom. The Balaban J connectivity index is 1.91. The third kappa shape index (κ3) is 2.66. The van der Waals surface area contributed by atoms with Gasteiger partial charge < -0.3 is 14.0 Å². The number of nitrogens with zero attached hydrogens (tertiary/aromatic N) is 2. The summed E-state index contributed by atoms with van der Waals surface area (Å²) in [5.41, 5.74) is 4.73. The molecule has 4 heteroatoms. The first kappa shape index (κ1) is 16.0. The summed E-state index contributed by atoms with van der Waals surface area (Å²) in [6, 6.07) is 13.0. The highest BCUT2D eigenvalue weighted by molar-refractivity contribution is 5.83. The molecule has 0 fully saturated rings. The van der Waals surface area contributed by atoms with Gasteiger partial charge in [-0.25, -0.2) is 4.98 Å². The number of imidazole rings is 1. The van der Waals surface area contributed by atoms with Gasteiger partial charge in [-0.1, -0.05) is 19.8 Å². The van der Waals surface area contributed by atoms with Gasteiger partial charge in [-0.2, -0.15) is 0 Å². The fourth-order valence-corrected chi connectivity index (χ4v) is 3.87. The third-order valence-electron chi connectivity index (χ3n) is 5.16. The Morgan fingerprint density at radius 3 is 2.60 bits per heavy atom. The maximum absolute atomic E-state index is 5.43. The Morgan fingerprint density at radius 2 is 1.84 bits per heavy atom. The highest BCUT2D eigenvalue weighted by atomic mass is 16.5. The lowest BCUT2D eigenvalue weighted by Crippen LogP contribution is -2.18. The summed E-state index contributed by atoms with van der Waals surface area (Å²) in [5, 5.41) is 0. The van der Waals surface area contributed by atoms with Gasteiger partial charge in [0.25, 0.3) is 0 Å². The maximum atomic E-state index is 5.43. The second-order valence-electron chi connectivity index (χ2n) is 6.68. The number of unbranched alkanes of at least 4 members (excludes halogenated alkanes) is 1. The summed E-state index contributed by atoms with van der Waals surface area (Å²) >= 11 is 0. The number of fused-ring (bicyclic) bond motifs is 5. The van der Waals surface area contributed by atoms with Gasteiger partial charge in [-0.05, 0) is 48.7 Å². The minimum absolute atomic E-state index is 0.438. The van der Waals surface area contributed by atoms with Crippen LogP contribution in [0.5, 0.6) is 11.5 Å². The van der Waals surface area contributed by atoms with Gasteiger partial charge in [0.2, 0.25) is 0 Å². The Hall–Kier alpha value is -2.49. The standard InChI is InChI=1S/C21H24N2O2/c1-4-5-6-15-11-14-12-16(24-2)7-9-18(14)21-22-19-13-17(25-3)8-10-20(19)23(15)21/h7-10,12-13,15H,4-6,11H2,1-3H3. The average Bonchev–Trinajstić information content (AvgIpc) is 3.04. The van der Waals surface area contributed by atoms with Crippen LogP contribution in [0, 0.1) is 0 Å². The molecule has 0 amide bonds. The van der Waals surface area contributed by atoms with Crippen molar-refractivity contribution in [2.45, 2.75) is 38.6 Å². The largest absolute Gasteiger partial charge is 0.497 e. The van der Waals surface area contributed by atoms with Crippen LogP contribution in [0.25, 0.3) is 22.4 Å². The minimum Gasteiger partial charge on any atom is -0.497 e. The van der Waals surface area contributed by atoms with Gasteiger partial charge in [0.1, 0.15) is 17.3 Å². The van der Waals surface area contributed by atoms with Crippen LogP contribution in [0.15, 0.2) is 36.4 Å². The predicted molar refractivity (Wildman–Crippen MR) is 101 cm³/mol. The van der Waals surface area contributed by atoms with Crippen LogP contribution in [-0.2, 0) is 6.42 Å². The zero-order valence-electron chi connectivity index (χ0n) is 15.1. The molecule has 1 aliphatic rings. The van der Waals surface area contributed by atoms with E-state index in [4.69, 9.17) is 14.5 Å². The van der Waals surface area contributed by atoms with E-state index in [2.05, 4.69) is 29.7 Å². The molecule has 1 aromatic heterocycles. The average molecular weight is 336 g/mol. The van der Waals surface area contributed by atoms with Crippen LogP contribution in [0.4, 0.5) is 0 Å². The molecule has 0 N–H and O–H groups in total. The SMILES string of the molecule is CCCCC1Cc2cc(OC)ccc2-c2nc3cc(OC)ccc3n21. The second-order valence-corrected chi connectivity index (χ2v) is 6.68. The Labute approximate surface area is 148 Å². The van der Waals surface area contributed by atoms with E-state index in [1.54, 1.807) is 14.2 Å². The number of ether oxygens (including phenoxy) is 2. The van der Waals surface area contributed by atoms with E-state index in [1.807, 2.05) is 18.2 Å². The highest BCUT2D eigenvalue weighted by Crippen LogP contribution is 2.41. The molecule has 25 heavy (non-hydrogen) atoms. The minimum atomic E-state index is 0.438. The molecule has 1 aliphatic heterocycles. The molecule has 0 saturated heterocycles. The summed E-state index contributed by atoms with van der Waals surface area (Å²) in [5.74, 6) is 2.83. The first-order valence-electron chi connectivity index (χ1n) is 8.98. The van der Waals surface area contributed by atoms with E-state index in [9.17, 15) is 0 Å². The summed E-state index contributed by atoms with van der Waals surface area (Å²) in [6.45, 7) is 2.25. The van der Waals surface area contributed by atoms with E-state index in [0.717, 1.165) is 35.7 Å². The van der Waals surface area contributed by atoms with Gasteiger partial charge >= 0.3 is 0 Å². The van der Waals surface area contributed by atoms with E-state index < -0.39 is 0 Å². The van der Waals surface area contributed by atoms with E-state index >= 15 is 0 Å². The number of rotatable bonds is 5. The zero-order valence-corrected chi connectivity index (χ0v) is 15.1. The highest BCUT2D eigenvalue weighted by Gasteiger charge is 2.27. The predicted octanol–water partition coefficient (Wildman–Crippen LogP) is 5.01.